The van der Waals surface area contributed by atoms with E-state index < -0.39 is 6.04 Å². The minimum Gasteiger partial charge on any atom is -0.369 e. The second-order valence-electron chi connectivity index (χ2n) is 7.68. The zero-order chi connectivity index (χ0) is 22.8. The van der Waals surface area contributed by atoms with Crippen LogP contribution in [0.1, 0.15) is 24.5 Å². The molecule has 32 heavy (non-hydrogen) atoms. The van der Waals surface area contributed by atoms with Gasteiger partial charge in [0.1, 0.15) is 6.29 Å². The van der Waals surface area contributed by atoms with Gasteiger partial charge < -0.3 is 25.6 Å². The molecule has 1 heterocycles. The molecule has 1 unspecified atom stereocenters. The number of nitrogens with one attached hydrogen (secondary N) is 4. The standard InChI is InChI=1S/C24H31N5O2S/c1-2-20(17-30)28-23(31)16-27-15-18-3-9-22(10-4-18)32-24(25)19-5-7-21(8-6-19)29-13-11-26-12-14-29/h3-10,17,20,25-27H,2,11-16H2,1H3,(H,28,31). The van der Waals surface area contributed by atoms with Crippen LogP contribution in [0.4, 0.5) is 5.69 Å². The highest BCUT2D eigenvalue weighted by atomic mass is 32.2. The molecule has 2 aromatic carbocycles. The van der Waals surface area contributed by atoms with Gasteiger partial charge in [0.2, 0.25) is 5.91 Å². The molecule has 0 spiro atoms. The number of carbonyl (C=O) groups is 2. The van der Waals surface area contributed by atoms with Gasteiger partial charge in [-0.05, 0) is 36.2 Å². The Kier molecular flexibility index (Phi) is 9.27. The third kappa shape index (κ3) is 7.19. The highest BCUT2D eigenvalue weighted by molar-refractivity contribution is 8.14. The SMILES string of the molecule is CCC(C=O)NC(=O)CNCc1ccc(SC(=N)c2ccc(N3CCNCC3)cc2)cc1. The normalized spacial score (nSPS) is 14.6. The van der Waals surface area contributed by atoms with Crippen LogP contribution >= 0.6 is 11.8 Å². The quantitative estimate of drug-likeness (QED) is 0.191. The number of rotatable bonds is 10. The molecule has 2 aromatic rings. The summed E-state index contributed by atoms with van der Waals surface area (Å²) in [7, 11) is 0. The molecular weight excluding hydrogens is 422 g/mol. The molecule has 0 saturated carbocycles. The van der Waals surface area contributed by atoms with Crippen LogP contribution in [0.3, 0.4) is 0 Å². The molecule has 8 heteroatoms. The number of amides is 1. The minimum absolute atomic E-state index is 0.162. The van der Waals surface area contributed by atoms with Crippen molar-refractivity contribution in [3.05, 3.63) is 59.7 Å². The van der Waals surface area contributed by atoms with E-state index in [4.69, 9.17) is 5.41 Å². The zero-order valence-corrected chi connectivity index (χ0v) is 19.2. The fraction of sp³-hybridized carbons (Fsp3) is 0.375. The Hall–Kier alpha value is -2.68. The molecule has 3 rings (SSSR count). The molecule has 0 aliphatic carbocycles. The molecule has 4 N–H and O–H groups in total. The van der Waals surface area contributed by atoms with E-state index in [2.05, 4.69) is 33.0 Å². The van der Waals surface area contributed by atoms with Gasteiger partial charge in [0.15, 0.2) is 0 Å². The lowest BCUT2D eigenvalue weighted by atomic mass is 10.2. The van der Waals surface area contributed by atoms with E-state index in [0.717, 1.165) is 48.5 Å². The van der Waals surface area contributed by atoms with Crippen LogP contribution in [0.15, 0.2) is 53.4 Å². The van der Waals surface area contributed by atoms with Crippen molar-refractivity contribution in [3.8, 4) is 0 Å². The van der Waals surface area contributed by atoms with Crippen LogP contribution in [0.5, 0.6) is 0 Å². The highest BCUT2D eigenvalue weighted by Gasteiger charge is 2.11. The number of thioether (sulfide) groups is 1. The van der Waals surface area contributed by atoms with Crippen molar-refractivity contribution in [1.29, 1.82) is 5.41 Å². The number of hydrogen-bond donors (Lipinski definition) is 4. The Morgan fingerprint density at radius 1 is 1.16 bits per heavy atom. The summed E-state index contributed by atoms with van der Waals surface area (Å²) in [6.45, 7) is 6.60. The number of anilines is 1. The number of aldehydes is 1. The van der Waals surface area contributed by atoms with Crippen LogP contribution in [-0.2, 0) is 16.1 Å². The van der Waals surface area contributed by atoms with E-state index in [-0.39, 0.29) is 12.5 Å². The third-order valence-electron chi connectivity index (χ3n) is 5.32. The second kappa shape index (κ2) is 12.4. The molecule has 0 bridgehead atoms. The predicted octanol–water partition coefficient (Wildman–Crippen LogP) is 2.40. The Balaban J connectivity index is 1.45. The lowest BCUT2D eigenvalue weighted by molar-refractivity contribution is -0.123. The minimum atomic E-state index is -0.422. The van der Waals surface area contributed by atoms with Gasteiger partial charge in [-0.1, -0.05) is 43.0 Å². The molecule has 1 fully saturated rings. The first-order chi connectivity index (χ1) is 15.6. The van der Waals surface area contributed by atoms with Gasteiger partial charge in [0.05, 0.1) is 17.6 Å². The number of nitrogens with zero attached hydrogens (tertiary/aromatic N) is 1. The van der Waals surface area contributed by atoms with Gasteiger partial charge >= 0.3 is 0 Å². The van der Waals surface area contributed by atoms with Crippen molar-refractivity contribution in [3.63, 3.8) is 0 Å². The first kappa shape index (κ1) is 24.0. The molecule has 1 aliphatic rings. The van der Waals surface area contributed by atoms with Crippen molar-refractivity contribution >= 4 is 34.7 Å². The van der Waals surface area contributed by atoms with Crippen LogP contribution in [-0.4, -0.2) is 56.0 Å². The second-order valence-corrected chi connectivity index (χ2v) is 8.76. The molecule has 1 atom stereocenters. The van der Waals surface area contributed by atoms with Crippen LogP contribution < -0.4 is 20.9 Å². The Labute approximate surface area is 193 Å². The van der Waals surface area contributed by atoms with Crippen molar-refractivity contribution in [1.82, 2.24) is 16.0 Å². The van der Waals surface area contributed by atoms with Gasteiger partial charge in [0.25, 0.3) is 0 Å². The Morgan fingerprint density at radius 2 is 1.84 bits per heavy atom. The largest absolute Gasteiger partial charge is 0.369 e. The van der Waals surface area contributed by atoms with E-state index in [1.165, 1.54) is 17.4 Å². The molecule has 1 saturated heterocycles. The lowest BCUT2D eigenvalue weighted by Gasteiger charge is -2.29. The maximum absolute atomic E-state index is 11.8. The van der Waals surface area contributed by atoms with Gasteiger partial charge in [0, 0.05) is 48.9 Å². The average Bonchev–Trinajstić information content (AvgIpc) is 2.84. The fourth-order valence-electron chi connectivity index (χ4n) is 3.41. The van der Waals surface area contributed by atoms with Gasteiger partial charge in [-0.2, -0.15) is 0 Å². The van der Waals surface area contributed by atoms with Gasteiger partial charge in [-0.15, -0.1) is 0 Å². The predicted molar refractivity (Wildman–Crippen MR) is 131 cm³/mol. The average molecular weight is 454 g/mol. The van der Waals surface area contributed by atoms with E-state index in [0.29, 0.717) is 18.0 Å². The topological polar surface area (TPSA) is 97.3 Å². The van der Waals surface area contributed by atoms with E-state index >= 15 is 0 Å². The molecule has 1 aliphatic heterocycles. The number of benzene rings is 2. The molecule has 0 radical (unpaired) electrons. The maximum Gasteiger partial charge on any atom is 0.234 e. The van der Waals surface area contributed by atoms with Crippen LogP contribution in [0.2, 0.25) is 0 Å². The van der Waals surface area contributed by atoms with Crippen molar-refractivity contribution in [2.24, 2.45) is 0 Å². The maximum atomic E-state index is 11.8. The number of carbonyl (C=O) groups excluding carboxylic acids is 2. The molecule has 170 valence electrons. The summed E-state index contributed by atoms with van der Waals surface area (Å²) >= 11 is 1.43. The number of hydrogen-bond acceptors (Lipinski definition) is 7. The first-order valence-electron chi connectivity index (χ1n) is 11.0. The molecule has 1 amide bonds. The van der Waals surface area contributed by atoms with Crippen molar-refractivity contribution in [2.45, 2.75) is 30.8 Å². The molecular formula is C24H31N5O2S. The molecule has 7 nitrogen and oxygen atoms in total. The van der Waals surface area contributed by atoms with Gasteiger partial charge in [-0.3, -0.25) is 10.2 Å². The Morgan fingerprint density at radius 3 is 2.47 bits per heavy atom. The summed E-state index contributed by atoms with van der Waals surface area (Å²) in [5, 5.41) is 18.1. The summed E-state index contributed by atoms with van der Waals surface area (Å²) in [4.78, 5) is 26.0. The monoisotopic (exact) mass is 453 g/mol. The highest BCUT2D eigenvalue weighted by Crippen LogP contribution is 2.25. The summed E-state index contributed by atoms with van der Waals surface area (Å²) < 4.78 is 0. The zero-order valence-electron chi connectivity index (χ0n) is 18.4. The van der Waals surface area contributed by atoms with Crippen molar-refractivity contribution < 1.29 is 9.59 Å². The summed E-state index contributed by atoms with van der Waals surface area (Å²) in [5.41, 5.74) is 3.16. The first-order valence-corrected chi connectivity index (χ1v) is 11.8. The van der Waals surface area contributed by atoms with Crippen LogP contribution in [0, 0.1) is 5.41 Å². The van der Waals surface area contributed by atoms with E-state index in [9.17, 15) is 9.59 Å². The van der Waals surface area contributed by atoms with E-state index in [1.54, 1.807) is 0 Å². The third-order valence-corrected chi connectivity index (χ3v) is 6.27. The summed E-state index contributed by atoms with van der Waals surface area (Å²) in [5.74, 6) is -0.187. The molecule has 0 aromatic heterocycles. The van der Waals surface area contributed by atoms with E-state index in [1.807, 2.05) is 43.3 Å². The number of piperazine rings is 1. The fourth-order valence-corrected chi connectivity index (χ4v) is 4.17. The van der Waals surface area contributed by atoms with Gasteiger partial charge in [-0.25, -0.2) is 0 Å². The van der Waals surface area contributed by atoms with Crippen molar-refractivity contribution in [2.75, 3.05) is 37.6 Å². The smallest absolute Gasteiger partial charge is 0.234 e. The van der Waals surface area contributed by atoms with Crippen LogP contribution in [0.25, 0.3) is 0 Å². The summed E-state index contributed by atoms with van der Waals surface area (Å²) in [6, 6.07) is 15.8. The lowest BCUT2D eigenvalue weighted by Crippen LogP contribution is -2.43. The Bertz CT molecular complexity index is 896. The summed E-state index contributed by atoms with van der Waals surface area (Å²) in [6.07, 6.45) is 1.34.